The van der Waals surface area contributed by atoms with Gasteiger partial charge in [-0.2, -0.15) is 0 Å². The van der Waals surface area contributed by atoms with Gasteiger partial charge in [-0.15, -0.1) is 0 Å². The highest BCUT2D eigenvalue weighted by atomic mass is 32.2. The Balaban J connectivity index is 1.59. The molecule has 1 saturated heterocycles. The van der Waals surface area contributed by atoms with E-state index in [4.69, 9.17) is 4.42 Å². The molecule has 0 aliphatic carbocycles. The normalized spacial score (nSPS) is 21.6. The third kappa shape index (κ3) is 3.94. The van der Waals surface area contributed by atoms with Gasteiger partial charge in [-0.05, 0) is 44.4 Å². The predicted molar refractivity (Wildman–Crippen MR) is 91.8 cm³/mol. The number of para-hydroxylation sites is 1. The highest BCUT2D eigenvalue weighted by Gasteiger charge is 2.26. The van der Waals surface area contributed by atoms with Crippen LogP contribution in [0.15, 0.2) is 34.7 Å². The third-order valence-electron chi connectivity index (χ3n) is 4.53. The van der Waals surface area contributed by atoms with Crippen LogP contribution in [0.1, 0.15) is 31.6 Å². The summed E-state index contributed by atoms with van der Waals surface area (Å²) >= 11 is 0. The highest BCUT2D eigenvalue weighted by molar-refractivity contribution is 7.88. The van der Waals surface area contributed by atoms with Crippen LogP contribution in [0.4, 0.5) is 0 Å². The summed E-state index contributed by atoms with van der Waals surface area (Å²) in [6.45, 7) is 4.13. The number of furan rings is 1. The second-order valence-corrected chi connectivity index (χ2v) is 8.43. The van der Waals surface area contributed by atoms with Gasteiger partial charge in [-0.1, -0.05) is 18.2 Å². The van der Waals surface area contributed by atoms with E-state index < -0.39 is 10.0 Å². The largest absolute Gasteiger partial charge is 0.459 e. The Labute approximate surface area is 137 Å². The summed E-state index contributed by atoms with van der Waals surface area (Å²) in [4.78, 5) is 0. The molecule has 2 atom stereocenters. The van der Waals surface area contributed by atoms with Crippen LogP contribution in [-0.2, 0) is 10.0 Å². The van der Waals surface area contributed by atoms with Crippen LogP contribution in [0.3, 0.4) is 0 Å². The molecule has 0 spiro atoms. The summed E-state index contributed by atoms with van der Waals surface area (Å²) in [5.74, 6) is 1.27. The fourth-order valence-corrected chi connectivity index (χ4v) is 4.10. The van der Waals surface area contributed by atoms with E-state index in [2.05, 4.69) is 18.3 Å². The van der Waals surface area contributed by atoms with Crippen LogP contribution in [0.5, 0.6) is 0 Å². The second kappa shape index (κ2) is 6.63. The van der Waals surface area contributed by atoms with E-state index in [-0.39, 0.29) is 6.04 Å². The van der Waals surface area contributed by atoms with Gasteiger partial charge in [0, 0.05) is 18.5 Å². The number of benzene rings is 1. The van der Waals surface area contributed by atoms with E-state index in [1.165, 1.54) is 6.26 Å². The van der Waals surface area contributed by atoms with Crippen LogP contribution in [0.2, 0.25) is 0 Å². The Kier molecular flexibility index (Phi) is 4.75. The van der Waals surface area contributed by atoms with Crippen LogP contribution < -0.4 is 5.32 Å². The minimum absolute atomic E-state index is 0.107. The molecule has 6 heteroatoms. The molecule has 1 aromatic heterocycles. The first-order chi connectivity index (χ1) is 10.9. The fourth-order valence-electron chi connectivity index (χ4n) is 3.15. The molecule has 0 amide bonds. The monoisotopic (exact) mass is 336 g/mol. The quantitative estimate of drug-likeness (QED) is 0.912. The van der Waals surface area contributed by atoms with Crippen molar-refractivity contribution in [2.24, 2.45) is 5.92 Å². The van der Waals surface area contributed by atoms with E-state index >= 15 is 0 Å². The molecule has 1 aliphatic heterocycles. The number of nitrogens with zero attached hydrogens (tertiary/aromatic N) is 1. The third-order valence-corrected chi connectivity index (χ3v) is 5.80. The van der Waals surface area contributed by atoms with Gasteiger partial charge in [-0.25, -0.2) is 12.7 Å². The summed E-state index contributed by atoms with van der Waals surface area (Å²) in [6.07, 6.45) is 3.28. The minimum atomic E-state index is -3.08. The van der Waals surface area contributed by atoms with Gasteiger partial charge < -0.3 is 9.73 Å². The molecule has 0 bridgehead atoms. The second-order valence-electron chi connectivity index (χ2n) is 6.45. The van der Waals surface area contributed by atoms with Crippen molar-refractivity contribution in [3.8, 4) is 0 Å². The molecule has 0 saturated carbocycles. The van der Waals surface area contributed by atoms with Crippen molar-refractivity contribution in [2.45, 2.75) is 25.8 Å². The average Bonchev–Trinajstić information content (AvgIpc) is 2.96. The van der Waals surface area contributed by atoms with Crippen molar-refractivity contribution in [2.75, 3.05) is 25.9 Å². The lowest BCUT2D eigenvalue weighted by Gasteiger charge is -2.31. The Morgan fingerprint density at radius 3 is 2.91 bits per heavy atom. The molecule has 126 valence electrons. The predicted octanol–water partition coefficient (Wildman–Crippen LogP) is 2.76. The Hall–Kier alpha value is -1.37. The van der Waals surface area contributed by atoms with Gasteiger partial charge in [-0.3, -0.25) is 0 Å². The molecule has 1 aliphatic rings. The van der Waals surface area contributed by atoms with E-state index in [1.807, 2.05) is 24.3 Å². The molecule has 0 radical (unpaired) electrons. The molecule has 1 N–H and O–H groups in total. The lowest BCUT2D eigenvalue weighted by molar-refractivity contribution is 0.254. The van der Waals surface area contributed by atoms with Crippen LogP contribution in [0, 0.1) is 5.92 Å². The smallest absolute Gasteiger partial charge is 0.211 e. The minimum Gasteiger partial charge on any atom is -0.459 e. The molecule has 1 aromatic carbocycles. The van der Waals surface area contributed by atoms with Gasteiger partial charge in [0.25, 0.3) is 0 Å². The zero-order chi connectivity index (χ0) is 16.4. The molecular formula is C17H24N2O3S. The van der Waals surface area contributed by atoms with Crippen molar-refractivity contribution in [1.82, 2.24) is 9.62 Å². The summed E-state index contributed by atoms with van der Waals surface area (Å²) in [6, 6.07) is 10.2. The van der Waals surface area contributed by atoms with E-state index in [9.17, 15) is 8.42 Å². The van der Waals surface area contributed by atoms with Gasteiger partial charge in [0.1, 0.15) is 11.3 Å². The van der Waals surface area contributed by atoms with E-state index in [0.717, 1.165) is 36.1 Å². The summed E-state index contributed by atoms with van der Waals surface area (Å²) in [5, 5.41) is 4.59. The number of piperidine rings is 1. The summed E-state index contributed by atoms with van der Waals surface area (Å²) < 4.78 is 30.8. The number of hydrogen-bond acceptors (Lipinski definition) is 4. The van der Waals surface area contributed by atoms with Gasteiger partial charge >= 0.3 is 0 Å². The number of hydrogen-bond donors (Lipinski definition) is 1. The number of rotatable bonds is 5. The molecule has 2 heterocycles. The lowest BCUT2D eigenvalue weighted by Crippen LogP contribution is -2.42. The molecule has 5 nitrogen and oxygen atoms in total. The molecule has 0 unspecified atom stereocenters. The molecule has 23 heavy (non-hydrogen) atoms. The summed E-state index contributed by atoms with van der Waals surface area (Å²) in [5.41, 5.74) is 0.900. The molecule has 1 fully saturated rings. The van der Waals surface area contributed by atoms with Crippen LogP contribution in [0.25, 0.3) is 11.0 Å². The molecule has 2 aromatic rings. The van der Waals surface area contributed by atoms with Gasteiger partial charge in [0.15, 0.2) is 0 Å². The van der Waals surface area contributed by atoms with Crippen LogP contribution >= 0.6 is 0 Å². The Morgan fingerprint density at radius 1 is 1.39 bits per heavy atom. The number of fused-ring (bicyclic) bond motifs is 1. The first-order valence-electron chi connectivity index (χ1n) is 8.10. The standard InChI is InChI=1S/C17H24N2O3S/c1-13(17-10-15-7-3-4-8-16(15)22-17)18-11-14-6-5-9-19(12-14)23(2,20)21/h3-4,7-8,10,13-14,18H,5-6,9,11-12H2,1-2H3/t13-,14-/m0/s1. The number of nitrogens with one attached hydrogen (secondary N) is 1. The molecular weight excluding hydrogens is 312 g/mol. The Morgan fingerprint density at radius 2 is 2.17 bits per heavy atom. The molecule has 3 rings (SSSR count). The van der Waals surface area contributed by atoms with Crippen molar-refractivity contribution in [3.05, 3.63) is 36.1 Å². The number of sulfonamides is 1. The van der Waals surface area contributed by atoms with Gasteiger partial charge in [0.05, 0.1) is 12.3 Å². The first kappa shape index (κ1) is 16.5. The van der Waals surface area contributed by atoms with Crippen molar-refractivity contribution < 1.29 is 12.8 Å². The summed E-state index contributed by atoms with van der Waals surface area (Å²) in [7, 11) is -3.08. The zero-order valence-corrected chi connectivity index (χ0v) is 14.5. The average molecular weight is 336 g/mol. The lowest BCUT2D eigenvalue weighted by atomic mass is 9.99. The maximum absolute atomic E-state index is 11.7. The van der Waals surface area contributed by atoms with Crippen molar-refractivity contribution >= 4 is 21.0 Å². The van der Waals surface area contributed by atoms with E-state index in [1.54, 1.807) is 4.31 Å². The van der Waals surface area contributed by atoms with Crippen molar-refractivity contribution in [3.63, 3.8) is 0 Å². The highest BCUT2D eigenvalue weighted by Crippen LogP contribution is 2.24. The topological polar surface area (TPSA) is 62.6 Å². The van der Waals surface area contributed by atoms with Crippen LogP contribution in [-0.4, -0.2) is 38.6 Å². The SMILES string of the molecule is C[C@H](NC[C@@H]1CCCN(S(C)(=O)=O)C1)c1cc2ccccc2o1. The van der Waals surface area contributed by atoms with Crippen molar-refractivity contribution in [1.29, 1.82) is 0 Å². The first-order valence-corrected chi connectivity index (χ1v) is 9.95. The maximum Gasteiger partial charge on any atom is 0.211 e. The van der Waals surface area contributed by atoms with Gasteiger partial charge in [0.2, 0.25) is 10.0 Å². The maximum atomic E-state index is 11.7. The fraction of sp³-hybridized carbons (Fsp3) is 0.529. The zero-order valence-electron chi connectivity index (χ0n) is 13.7. The Bertz CT molecular complexity index is 736. The van der Waals surface area contributed by atoms with E-state index in [0.29, 0.717) is 19.0 Å².